The first-order chi connectivity index (χ1) is 7.77. The van der Waals surface area contributed by atoms with Crippen molar-refractivity contribution in [1.82, 2.24) is 0 Å². The highest BCUT2D eigenvalue weighted by atomic mass is 32.2. The highest BCUT2D eigenvalue weighted by Gasteiger charge is 2.13. The van der Waals surface area contributed by atoms with Crippen molar-refractivity contribution in [1.29, 1.82) is 0 Å². The molecule has 0 radical (unpaired) electrons. The summed E-state index contributed by atoms with van der Waals surface area (Å²) in [6.45, 7) is 0. The second-order valence-corrected chi connectivity index (χ2v) is 4.85. The first kappa shape index (κ1) is 11.2. The smallest absolute Gasteiger partial charge is 0.153 e. The molecule has 3 heteroatoms. The zero-order valence-electron chi connectivity index (χ0n) is 8.60. The largest absolute Gasteiger partial charge is 0.611 e. The van der Waals surface area contributed by atoms with Crippen LogP contribution in [-0.2, 0) is 16.9 Å². The SMILES string of the molecule is [O-][S+](Cc1ccccc1F)c1ccccc1. The predicted octanol–water partition coefficient (Wildman–Crippen LogP) is 3.13. The van der Waals surface area contributed by atoms with Crippen molar-refractivity contribution in [3.05, 3.63) is 66.0 Å². The second-order valence-electron chi connectivity index (χ2n) is 3.39. The van der Waals surface area contributed by atoms with E-state index in [1.54, 1.807) is 30.3 Å². The molecule has 0 aromatic heterocycles. The summed E-state index contributed by atoms with van der Waals surface area (Å²) in [4.78, 5) is 0.728. The van der Waals surface area contributed by atoms with E-state index in [1.807, 2.05) is 18.2 Å². The molecule has 82 valence electrons. The van der Waals surface area contributed by atoms with Crippen LogP contribution in [0.15, 0.2) is 59.5 Å². The third-order valence-corrected chi connectivity index (χ3v) is 3.62. The Morgan fingerprint density at radius 2 is 1.56 bits per heavy atom. The summed E-state index contributed by atoms with van der Waals surface area (Å²) in [5, 5.41) is 0. The van der Waals surface area contributed by atoms with Crippen molar-refractivity contribution in [2.45, 2.75) is 10.6 Å². The Balaban J connectivity index is 2.14. The topological polar surface area (TPSA) is 23.1 Å². The molecule has 0 saturated carbocycles. The van der Waals surface area contributed by atoms with Gasteiger partial charge >= 0.3 is 0 Å². The van der Waals surface area contributed by atoms with Gasteiger partial charge in [-0.15, -0.1) is 0 Å². The molecule has 0 heterocycles. The van der Waals surface area contributed by atoms with E-state index in [-0.39, 0.29) is 11.6 Å². The Morgan fingerprint density at radius 1 is 0.938 bits per heavy atom. The van der Waals surface area contributed by atoms with Crippen molar-refractivity contribution in [3.8, 4) is 0 Å². The summed E-state index contributed by atoms with van der Waals surface area (Å²) in [7, 11) is 0. The molecule has 0 spiro atoms. The fourth-order valence-electron chi connectivity index (χ4n) is 1.41. The second kappa shape index (κ2) is 5.14. The van der Waals surface area contributed by atoms with Gasteiger partial charge in [0.05, 0.1) is 0 Å². The number of hydrogen-bond acceptors (Lipinski definition) is 1. The fourth-order valence-corrected chi connectivity index (χ4v) is 2.56. The highest BCUT2D eigenvalue weighted by molar-refractivity contribution is 7.90. The third kappa shape index (κ3) is 2.62. The summed E-state index contributed by atoms with van der Waals surface area (Å²) >= 11 is -1.18. The molecule has 2 aromatic carbocycles. The van der Waals surface area contributed by atoms with Crippen molar-refractivity contribution in [2.24, 2.45) is 0 Å². The van der Waals surface area contributed by atoms with Gasteiger partial charge in [-0.1, -0.05) is 36.4 Å². The van der Waals surface area contributed by atoms with Gasteiger partial charge in [-0.3, -0.25) is 0 Å². The van der Waals surface area contributed by atoms with Crippen molar-refractivity contribution in [2.75, 3.05) is 0 Å². The van der Waals surface area contributed by atoms with E-state index >= 15 is 0 Å². The predicted molar refractivity (Wildman–Crippen MR) is 63.0 cm³/mol. The molecule has 0 bridgehead atoms. The Bertz CT molecular complexity index is 458. The zero-order chi connectivity index (χ0) is 11.4. The van der Waals surface area contributed by atoms with E-state index in [9.17, 15) is 8.94 Å². The lowest BCUT2D eigenvalue weighted by atomic mass is 10.2. The molecule has 0 saturated heterocycles. The van der Waals surface area contributed by atoms with Crippen LogP contribution in [0.4, 0.5) is 4.39 Å². The summed E-state index contributed by atoms with van der Waals surface area (Å²) in [6.07, 6.45) is 0. The van der Waals surface area contributed by atoms with Gasteiger partial charge in [0.15, 0.2) is 4.90 Å². The van der Waals surface area contributed by atoms with Crippen LogP contribution in [0.25, 0.3) is 0 Å². The first-order valence-corrected chi connectivity index (χ1v) is 6.26. The molecule has 1 nitrogen and oxygen atoms in total. The zero-order valence-corrected chi connectivity index (χ0v) is 9.41. The number of benzene rings is 2. The molecule has 2 aromatic rings. The molecule has 2 rings (SSSR count). The van der Waals surface area contributed by atoms with E-state index in [0.29, 0.717) is 5.56 Å². The average Bonchev–Trinajstić information content (AvgIpc) is 2.33. The van der Waals surface area contributed by atoms with Crippen LogP contribution in [0.3, 0.4) is 0 Å². The lowest BCUT2D eigenvalue weighted by molar-refractivity contribution is 0.586. The molecule has 0 aliphatic heterocycles. The maximum absolute atomic E-state index is 13.3. The summed E-state index contributed by atoms with van der Waals surface area (Å²) in [5.74, 6) is -0.0803. The summed E-state index contributed by atoms with van der Waals surface area (Å²) in [5.41, 5.74) is 0.490. The van der Waals surface area contributed by atoms with E-state index < -0.39 is 11.2 Å². The minimum atomic E-state index is -1.18. The normalized spacial score (nSPS) is 12.4. The minimum absolute atomic E-state index is 0.219. The van der Waals surface area contributed by atoms with Crippen LogP contribution in [-0.4, -0.2) is 4.55 Å². The van der Waals surface area contributed by atoms with Crippen LogP contribution in [0.5, 0.6) is 0 Å². The summed E-state index contributed by atoms with van der Waals surface area (Å²) in [6, 6.07) is 15.5. The number of halogens is 1. The number of rotatable bonds is 3. The standard InChI is InChI=1S/C13H11FOS/c14-13-9-5-4-6-11(13)10-16(15)12-7-2-1-3-8-12/h1-9H,10H2. The lowest BCUT2D eigenvalue weighted by Crippen LogP contribution is -2.06. The lowest BCUT2D eigenvalue weighted by Gasteiger charge is -2.10. The van der Waals surface area contributed by atoms with Gasteiger partial charge in [-0.05, 0) is 29.4 Å². The van der Waals surface area contributed by atoms with Crippen LogP contribution >= 0.6 is 0 Å². The maximum Gasteiger partial charge on any atom is 0.153 e. The Kier molecular flexibility index (Phi) is 3.59. The van der Waals surface area contributed by atoms with Crippen LogP contribution in [0.2, 0.25) is 0 Å². The quantitative estimate of drug-likeness (QED) is 0.748. The van der Waals surface area contributed by atoms with E-state index in [4.69, 9.17) is 0 Å². The van der Waals surface area contributed by atoms with Gasteiger partial charge in [-0.25, -0.2) is 4.39 Å². The van der Waals surface area contributed by atoms with Crippen molar-refractivity contribution < 1.29 is 8.94 Å². The molecule has 0 fully saturated rings. The van der Waals surface area contributed by atoms with E-state index in [2.05, 4.69) is 0 Å². The van der Waals surface area contributed by atoms with Gasteiger partial charge in [-0.2, -0.15) is 0 Å². The minimum Gasteiger partial charge on any atom is -0.611 e. The summed E-state index contributed by atoms with van der Waals surface area (Å²) < 4.78 is 25.2. The average molecular weight is 234 g/mol. The monoisotopic (exact) mass is 234 g/mol. The molecule has 0 N–H and O–H groups in total. The number of hydrogen-bond donors (Lipinski definition) is 0. The molecular formula is C13H11FOS. The van der Waals surface area contributed by atoms with Crippen molar-refractivity contribution >= 4 is 11.2 Å². The van der Waals surface area contributed by atoms with Crippen molar-refractivity contribution in [3.63, 3.8) is 0 Å². The molecule has 16 heavy (non-hydrogen) atoms. The molecule has 0 amide bonds. The highest BCUT2D eigenvalue weighted by Crippen LogP contribution is 2.17. The van der Waals surface area contributed by atoms with Crippen LogP contribution < -0.4 is 0 Å². The van der Waals surface area contributed by atoms with Crippen LogP contribution in [0.1, 0.15) is 5.56 Å². The van der Waals surface area contributed by atoms with Gasteiger partial charge < -0.3 is 4.55 Å². The molecule has 1 atom stereocenters. The molecule has 0 aliphatic carbocycles. The molecule has 1 unspecified atom stereocenters. The van der Waals surface area contributed by atoms with Gasteiger partial charge in [0, 0.05) is 5.56 Å². The Hall–Kier alpha value is -1.32. The molecule has 0 aliphatic rings. The van der Waals surface area contributed by atoms with Crippen LogP contribution in [0, 0.1) is 5.82 Å². The fraction of sp³-hybridized carbons (Fsp3) is 0.0769. The first-order valence-electron chi connectivity index (χ1n) is 4.94. The Morgan fingerprint density at radius 3 is 2.25 bits per heavy atom. The van der Waals surface area contributed by atoms with E-state index in [1.165, 1.54) is 6.07 Å². The Labute approximate surface area is 97.1 Å². The van der Waals surface area contributed by atoms with Gasteiger partial charge in [0.25, 0.3) is 0 Å². The third-order valence-electron chi connectivity index (χ3n) is 2.25. The maximum atomic E-state index is 13.3. The molecular weight excluding hydrogens is 223 g/mol. The van der Waals surface area contributed by atoms with E-state index in [0.717, 1.165) is 4.90 Å². The van der Waals surface area contributed by atoms with Gasteiger partial charge in [0.1, 0.15) is 11.6 Å². The van der Waals surface area contributed by atoms with Gasteiger partial charge in [0.2, 0.25) is 0 Å².